The zero-order valence-corrected chi connectivity index (χ0v) is 19.2. The van der Waals surface area contributed by atoms with E-state index in [2.05, 4.69) is 20.1 Å². The van der Waals surface area contributed by atoms with Gasteiger partial charge in [0.15, 0.2) is 17.5 Å². The van der Waals surface area contributed by atoms with Gasteiger partial charge in [-0.3, -0.25) is 9.47 Å². The van der Waals surface area contributed by atoms with Crippen LogP contribution in [0.15, 0.2) is 30.5 Å². The number of halogens is 5. The fraction of sp³-hybridized carbons (Fsp3) is 0.435. The molecule has 1 atom stereocenters. The first kappa shape index (κ1) is 21.4. The molecule has 1 aliphatic carbocycles. The second kappa shape index (κ2) is 7.07. The van der Waals surface area contributed by atoms with Gasteiger partial charge >= 0.3 is 0 Å². The number of rotatable bonds is 3. The highest BCUT2D eigenvalue weighted by Gasteiger charge is 2.60. The van der Waals surface area contributed by atoms with Gasteiger partial charge in [-0.15, -0.1) is 10.2 Å². The molecule has 0 radical (unpaired) electrons. The Balaban J connectivity index is 1.14. The monoisotopic (exact) mass is 505 g/mol. The third-order valence-corrected chi connectivity index (χ3v) is 7.66. The van der Waals surface area contributed by atoms with E-state index in [9.17, 15) is 17.6 Å². The molecule has 35 heavy (non-hydrogen) atoms. The summed E-state index contributed by atoms with van der Waals surface area (Å²) in [6.07, 6.45) is 0.866. The molecular formula is C23H20ClF4N7. The van der Waals surface area contributed by atoms with Crippen molar-refractivity contribution < 1.29 is 17.6 Å². The Morgan fingerprint density at radius 1 is 0.971 bits per heavy atom. The zero-order valence-electron chi connectivity index (χ0n) is 18.4. The molecule has 0 N–H and O–H groups in total. The van der Waals surface area contributed by atoms with Crippen molar-refractivity contribution in [2.45, 2.75) is 31.5 Å². The van der Waals surface area contributed by atoms with Gasteiger partial charge < -0.3 is 9.80 Å². The fourth-order valence-corrected chi connectivity index (χ4v) is 5.88. The van der Waals surface area contributed by atoms with Crippen LogP contribution in [0.25, 0.3) is 5.69 Å². The van der Waals surface area contributed by atoms with Crippen LogP contribution in [-0.4, -0.2) is 62.8 Å². The summed E-state index contributed by atoms with van der Waals surface area (Å²) in [4.78, 5) is 9.55. The highest BCUT2D eigenvalue weighted by Crippen LogP contribution is 2.48. The predicted octanol–water partition coefficient (Wildman–Crippen LogP) is 3.64. The Morgan fingerprint density at radius 3 is 2.43 bits per heavy atom. The van der Waals surface area contributed by atoms with Crippen molar-refractivity contribution in [1.29, 1.82) is 0 Å². The number of hydrogen-bond acceptors (Lipinski definition) is 6. The summed E-state index contributed by atoms with van der Waals surface area (Å²) in [5, 5.41) is 9.34. The maximum Gasteiger partial charge on any atom is 0.265 e. The van der Waals surface area contributed by atoms with Gasteiger partial charge in [-0.1, -0.05) is 11.6 Å². The zero-order chi connectivity index (χ0) is 24.1. The van der Waals surface area contributed by atoms with E-state index in [0.29, 0.717) is 49.5 Å². The number of pyridine rings is 1. The topological polar surface area (TPSA) is 53.3 Å². The highest BCUT2D eigenvalue weighted by molar-refractivity contribution is 6.30. The molecule has 7 rings (SSSR count). The molecule has 1 spiro atoms. The van der Waals surface area contributed by atoms with Crippen LogP contribution in [0.5, 0.6) is 0 Å². The molecule has 4 aliphatic rings. The third-order valence-electron chi connectivity index (χ3n) is 7.42. The van der Waals surface area contributed by atoms with E-state index in [1.54, 1.807) is 15.9 Å². The van der Waals surface area contributed by atoms with Crippen LogP contribution in [0.3, 0.4) is 0 Å². The second-order valence-electron chi connectivity index (χ2n) is 10.1. The van der Waals surface area contributed by atoms with Gasteiger partial charge in [-0.25, -0.2) is 22.5 Å². The number of benzene rings is 1. The van der Waals surface area contributed by atoms with Crippen LogP contribution in [0.4, 0.5) is 29.3 Å². The van der Waals surface area contributed by atoms with Crippen molar-refractivity contribution in [3.05, 3.63) is 58.5 Å². The summed E-state index contributed by atoms with van der Waals surface area (Å²) >= 11 is 6.24. The molecule has 1 aromatic carbocycles. The molecule has 3 aromatic rings. The average Bonchev–Trinajstić information content (AvgIpc) is 3.25. The summed E-state index contributed by atoms with van der Waals surface area (Å²) in [5.74, 6) is -2.63. The number of aromatic nitrogens is 4. The van der Waals surface area contributed by atoms with Crippen molar-refractivity contribution >= 4 is 23.4 Å². The normalized spacial score (nSPS) is 23.9. The number of fused-ring (bicyclic) bond motifs is 3. The van der Waals surface area contributed by atoms with Gasteiger partial charge in [0.1, 0.15) is 5.82 Å². The van der Waals surface area contributed by atoms with Crippen molar-refractivity contribution in [2.24, 2.45) is 5.41 Å². The Kier molecular flexibility index (Phi) is 4.32. The molecule has 182 valence electrons. The van der Waals surface area contributed by atoms with E-state index in [-0.39, 0.29) is 24.2 Å². The minimum absolute atomic E-state index is 0.0371. The van der Waals surface area contributed by atoms with E-state index < -0.39 is 23.6 Å². The summed E-state index contributed by atoms with van der Waals surface area (Å²) in [5.41, 5.74) is 1.65. The first-order valence-electron chi connectivity index (χ1n) is 11.4. The van der Waals surface area contributed by atoms with E-state index in [0.717, 1.165) is 23.5 Å². The third kappa shape index (κ3) is 3.31. The molecule has 0 amide bonds. The predicted molar refractivity (Wildman–Crippen MR) is 120 cm³/mol. The maximum atomic E-state index is 14.1. The summed E-state index contributed by atoms with van der Waals surface area (Å²) in [7, 11) is 0. The smallest absolute Gasteiger partial charge is 0.265 e. The quantitative estimate of drug-likeness (QED) is 0.507. The van der Waals surface area contributed by atoms with Gasteiger partial charge in [0.2, 0.25) is 5.95 Å². The molecule has 1 saturated carbocycles. The average molecular weight is 506 g/mol. The van der Waals surface area contributed by atoms with Gasteiger partial charge in [-0.2, -0.15) is 0 Å². The van der Waals surface area contributed by atoms with Crippen LogP contribution >= 0.6 is 11.6 Å². The molecule has 0 bridgehead atoms. The molecule has 12 heteroatoms. The number of nitrogens with zero attached hydrogens (tertiary/aromatic N) is 7. The lowest BCUT2D eigenvalue weighted by Gasteiger charge is -2.60. The molecule has 5 heterocycles. The Morgan fingerprint density at radius 2 is 1.71 bits per heavy atom. The SMILES string of the molecule is Fc1cnc(N2CC3(C2)CN(c2nnc4n2-c2ccc(Cl)cc2CN(C2CC2(F)F)C4)C3)c(F)c1. The number of alkyl halides is 2. The minimum Gasteiger partial charge on any atom is -0.353 e. The summed E-state index contributed by atoms with van der Waals surface area (Å²) < 4.78 is 57.0. The van der Waals surface area contributed by atoms with Gasteiger partial charge in [0.25, 0.3) is 5.92 Å². The van der Waals surface area contributed by atoms with Gasteiger partial charge in [0.05, 0.1) is 24.5 Å². The van der Waals surface area contributed by atoms with Crippen LogP contribution in [0.2, 0.25) is 5.02 Å². The molecule has 3 aliphatic heterocycles. The largest absolute Gasteiger partial charge is 0.353 e. The molecular weight excluding hydrogens is 486 g/mol. The minimum atomic E-state index is -2.68. The number of anilines is 2. The lowest BCUT2D eigenvalue weighted by molar-refractivity contribution is 0.0663. The standard InChI is InChI=1S/C23H20ClF4N7/c24-14-1-2-17-13(3-14)7-32(18-5-23(18,27)28)8-19-30-31-21(35(17)19)34-11-22(12-34)9-33(10-22)20-16(26)4-15(25)6-29-20/h1-4,6,18H,5,7-12H2. The molecule has 3 fully saturated rings. The van der Waals surface area contributed by atoms with Gasteiger partial charge in [0, 0.05) is 55.6 Å². The summed E-state index contributed by atoms with van der Waals surface area (Å²) in [6.45, 7) is 3.22. The van der Waals surface area contributed by atoms with E-state index in [4.69, 9.17) is 11.6 Å². The van der Waals surface area contributed by atoms with Crippen molar-refractivity contribution in [3.63, 3.8) is 0 Å². The van der Waals surface area contributed by atoms with Crippen LogP contribution in [0, 0.1) is 17.0 Å². The first-order chi connectivity index (χ1) is 16.7. The second-order valence-corrected chi connectivity index (χ2v) is 10.5. The Hall–Kier alpha value is -2.92. The molecule has 7 nitrogen and oxygen atoms in total. The van der Waals surface area contributed by atoms with Crippen molar-refractivity contribution in [2.75, 3.05) is 36.0 Å². The van der Waals surface area contributed by atoms with E-state index in [1.807, 2.05) is 16.7 Å². The maximum absolute atomic E-state index is 14.1. The highest BCUT2D eigenvalue weighted by atomic mass is 35.5. The van der Waals surface area contributed by atoms with E-state index >= 15 is 0 Å². The molecule has 2 saturated heterocycles. The Labute approximate surface area is 202 Å². The lowest BCUT2D eigenvalue weighted by atomic mass is 9.73. The fourth-order valence-electron chi connectivity index (χ4n) is 5.69. The molecule has 2 aromatic heterocycles. The van der Waals surface area contributed by atoms with Crippen LogP contribution in [-0.2, 0) is 13.1 Å². The van der Waals surface area contributed by atoms with Crippen LogP contribution in [0.1, 0.15) is 17.8 Å². The van der Waals surface area contributed by atoms with Crippen LogP contribution < -0.4 is 9.80 Å². The summed E-state index contributed by atoms with van der Waals surface area (Å²) in [6, 6.07) is 5.51. The van der Waals surface area contributed by atoms with Crippen molar-refractivity contribution in [1.82, 2.24) is 24.6 Å². The number of hydrogen-bond donors (Lipinski definition) is 0. The van der Waals surface area contributed by atoms with E-state index in [1.165, 1.54) is 0 Å². The molecule has 1 unspecified atom stereocenters. The first-order valence-corrected chi connectivity index (χ1v) is 11.8. The Bertz CT molecular complexity index is 1350. The lowest BCUT2D eigenvalue weighted by Crippen LogP contribution is -2.73. The van der Waals surface area contributed by atoms with Crippen molar-refractivity contribution in [3.8, 4) is 5.69 Å². The van der Waals surface area contributed by atoms with Gasteiger partial charge in [-0.05, 0) is 23.8 Å².